The third-order valence-electron chi connectivity index (χ3n) is 4.62. The summed E-state index contributed by atoms with van der Waals surface area (Å²) in [5, 5.41) is 0. The van der Waals surface area contributed by atoms with Crippen molar-refractivity contribution in [2.75, 3.05) is 13.1 Å². The maximum absolute atomic E-state index is 12.1. The summed E-state index contributed by atoms with van der Waals surface area (Å²) in [6, 6.07) is 0.540. The van der Waals surface area contributed by atoms with Gasteiger partial charge in [-0.15, -0.1) is 12.4 Å². The number of hydrogen-bond donors (Lipinski definition) is 1. The van der Waals surface area contributed by atoms with Crippen molar-refractivity contribution in [1.82, 2.24) is 4.90 Å². The Morgan fingerprint density at radius 2 is 1.84 bits per heavy atom. The largest absolute Gasteiger partial charge is 0.340 e. The van der Waals surface area contributed by atoms with Gasteiger partial charge in [0, 0.05) is 19.0 Å². The minimum Gasteiger partial charge on any atom is -0.340 e. The van der Waals surface area contributed by atoms with Gasteiger partial charge in [0.05, 0.1) is 0 Å². The van der Waals surface area contributed by atoms with E-state index < -0.39 is 0 Å². The molecule has 2 rings (SSSR count). The van der Waals surface area contributed by atoms with Crippen molar-refractivity contribution in [2.24, 2.45) is 11.7 Å². The smallest absolute Gasteiger partial charge is 0.222 e. The van der Waals surface area contributed by atoms with Crippen molar-refractivity contribution in [1.29, 1.82) is 0 Å². The summed E-state index contributed by atoms with van der Waals surface area (Å²) in [5.41, 5.74) is 5.49. The molecule has 0 aromatic carbocycles. The minimum absolute atomic E-state index is 0. The third kappa shape index (κ3) is 4.96. The molecule has 2 N–H and O–H groups in total. The van der Waals surface area contributed by atoms with Crippen LogP contribution in [0.25, 0.3) is 0 Å². The van der Waals surface area contributed by atoms with E-state index in [9.17, 15) is 4.79 Å². The molecule has 2 aliphatic rings. The zero-order chi connectivity index (χ0) is 12.8. The normalized spacial score (nSPS) is 24.3. The summed E-state index contributed by atoms with van der Waals surface area (Å²) in [6.07, 6.45) is 12.2. The Morgan fingerprint density at radius 1 is 1.11 bits per heavy atom. The van der Waals surface area contributed by atoms with Crippen LogP contribution in [0.15, 0.2) is 0 Å². The lowest BCUT2D eigenvalue weighted by molar-refractivity contribution is -0.132. The van der Waals surface area contributed by atoms with Gasteiger partial charge in [0.2, 0.25) is 5.91 Å². The number of likely N-dealkylation sites (tertiary alicyclic amines) is 1. The van der Waals surface area contributed by atoms with Gasteiger partial charge >= 0.3 is 0 Å². The van der Waals surface area contributed by atoms with Crippen molar-refractivity contribution in [3.8, 4) is 0 Å². The monoisotopic (exact) mass is 288 g/mol. The van der Waals surface area contributed by atoms with Crippen LogP contribution in [-0.4, -0.2) is 29.9 Å². The maximum atomic E-state index is 12.1. The second-order valence-electron chi connectivity index (χ2n) is 6.02. The van der Waals surface area contributed by atoms with Crippen LogP contribution in [0.1, 0.15) is 64.2 Å². The molecule has 0 aromatic heterocycles. The van der Waals surface area contributed by atoms with Crippen molar-refractivity contribution in [2.45, 2.75) is 70.3 Å². The van der Waals surface area contributed by atoms with Crippen LogP contribution >= 0.6 is 12.4 Å². The van der Waals surface area contributed by atoms with Crippen molar-refractivity contribution >= 4 is 18.3 Å². The number of carbonyl (C=O) groups is 1. The van der Waals surface area contributed by atoms with Gasteiger partial charge in [0.25, 0.3) is 0 Å². The Morgan fingerprint density at radius 3 is 2.53 bits per heavy atom. The summed E-state index contributed by atoms with van der Waals surface area (Å²) in [6.45, 7) is 1.62. The molecular formula is C15H29ClN2O. The molecule has 1 amide bonds. The topological polar surface area (TPSA) is 46.3 Å². The lowest BCUT2D eigenvalue weighted by Gasteiger charge is -2.30. The van der Waals surface area contributed by atoms with E-state index in [2.05, 4.69) is 4.90 Å². The van der Waals surface area contributed by atoms with E-state index in [0.717, 1.165) is 18.9 Å². The highest BCUT2D eigenvalue weighted by Crippen LogP contribution is 2.32. The van der Waals surface area contributed by atoms with Crippen LogP contribution in [0.3, 0.4) is 0 Å². The Bertz CT molecular complexity index is 267. The molecule has 0 spiro atoms. The quantitative estimate of drug-likeness (QED) is 0.845. The molecule has 1 aliphatic carbocycles. The van der Waals surface area contributed by atoms with E-state index in [1.807, 2.05) is 0 Å². The highest BCUT2D eigenvalue weighted by atomic mass is 35.5. The van der Waals surface area contributed by atoms with Crippen molar-refractivity contribution in [3.05, 3.63) is 0 Å². The van der Waals surface area contributed by atoms with Gasteiger partial charge in [-0.2, -0.15) is 0 Å². The molecule has 0 bridgehead atoms. The first-order chi connectivity index (χ1) is 8.81. The van der Waals surface area contributed by atoms with Crippen LogP contribution in [0.2, 0.25) is 0 Å². The Hall–Kier alpha value is -0.280. The lowest BCUT2D eigenvalue weighted by atomic mass is 9.84. The zero-order valence-electron chi connectivity index (χ0n) is 12.0. The van der Waals surface area contributed by atoms with Gasteiger partial charge in [0.15, 0.2) is 0 Å². The molecule has 0 radical (unpaired) electrons. The van der Waals surface area contributed by atoms with Crippen LogP contribution in [0, 0.1) is 5.92 Å². The molecule has 1 saturated carbocycles. The Balaban J connectivity index is 0.00000180. The second kappa shape index (κ2) is 8.80. The molecule has 1 atom stereocenters. The predicted molar refractivity (Wildman–Crippen MR) is 81.5 cm³/mol. The highest BCUT2D eigenvalue weighted by Gasteiger charge is 2.30. The average Bonchev–Trinajstić information content (AvgIpc) is 2.85. The third-order valence-corrected chi connectivity index (χ3v) is 4.62. The average molecular weight is 289 g/mol. The van der Waals surface area contributed by atoms with E-state index in [-0.39, 0.29) is 12.4 Å². The summed E-state index contributed by atoms with van der Waals surface area (Å²) in [5.74, 6) is 1.23. The number of nitrogens with zero attached hydrogens (tertiary/aromatic N) is 1. The van der Waals surface area contributed by atoms with Gasteiger partial charge in [-0.1, -0.05) is 32.1 Å². The minimum atomic E-state index is 0. The standard InChI is InChI=1S/C15H28N2O.ClH/c16-10-4-9-15(18)17-11-5-8-14(17)12-13-6-2-1-3-7-13;/h13-14H,1-12,16H2;1H. The number of hydrogen-bond acceptors (Lipinski definition) is 2. The molecule has 1 heterocycles. The Labute approximate surface area is 123 Å². The second-order valence-corrected chi connectivity index (χ2v) is 6.02. The highest BCUT2D eigenvalue weighted by molar-refractivity contribution is 5.85. The number of amides is 1. The van der Waals surface area contributed by atoms with E-state index >= 15 is 0 Å². The summed E-state index contributed by atoms with van der Waals surface area (Å²) >= 11 is 0. The number of halogens is 1. The molecule has 1 aliphatic heterocycles. The molecule has 0 aromatic rings. The molecular weight excluding hydrogens is 260 g/mol. The molecule has 3 nitrogen and oxygen atoms in total. The van der Waals surface area contributed by atoms with E-state index in [1.54, 1.807) is 0 Å². The fourth-order valence-electron chi connectivity index (χ4n) is 3.61. The first-order valence-electron chi connectivity index (χ1n) is 7.81. The molecule has 1 saturated heterocycles. The van der Waals surface area contributed by atoms with Crippen LogP contribution in [0.4, 0.5) is 0 Å². The predicted octanol–water partition coefficient (Wildman–Crippen LogP) is 3.11. The van der Waals surface area contributed by atoms with Gasteiger partial charge in [-0.25, -0.2) is 0 Å². The van der Waals surface area contributed by atoms with E-state index in [0.29, 0.717) is 24.9 Å². The van der Waals surface area contributed by atoms with Gasteiger partial charge in [0.1, 0.15) is 0 Å². The maximum Gasteiger partial charge on any atom is 0.222 e. The van der Waals surface area contributed by atoms with Crippen LogP contribution in [0.5, 0.6) is 0 Å². The summed E-state index contributed by atoms with van der Waals surface area (Å²) in [4.78, 5) is 14.3. The first-order valence-corrected chi connectivity index (χ1v) is 7.81. The number of rotatable bonds is 5. The van der Waals surface area contributed by atoms with Gasteiger partial charge in [-0.05, 0) is 38.1 Å². The number of carbonyl (C=O) groups excluding carboxylic acids is 1. The Kier molecular flexibility index (Phi) is 7.77. The van der Waals surface area contributed by atoms with Crippen LogP contribution in [-0.2, 0) is 4.79 Å². The lowest BCUT2D eigenvalue weighted by Crippen LogP contribution is -2.37. The number of nitrogens with two attached hydrogens (primary N) is 1. The van der Waals surface area contributed by atoms with E-state index in [4.69, 9.17) is 5.73 Å². The molecule has 4 heteroatoms. The van der Waals surface area contributed by atoms with Crippen molar-refractivity contribution < 1.29 is 4.79 Å². The summed E-state index contributed by atoms with van der Waals surface area (Å²) < 4.78 is 0. The molecule has 1 unspecified atom stereocenters. The van der Waals surface area contributed by atoms with Crippen LogP contribution < -0.4 is 5.73 Å². The van der Waals surface area contributed by atoms with Gasteiger partial charge < -0.3 is 10.6 Å². The molecule has 19 heavy (non-hydrogen) atoms. The van der Waals surface area contributed by atoms with Crippen molar-refractivity contribution in [3.63, 3.8) is 0 Å². The first kappa shape index (κ1) is 16.8. The zero-order valence-corrected chi connectivity index (χ0v) is 12.8. The fraction of sp³-hybridized carbons (Fsp3) is 0.933. The summed E-state index contributed by atoms with van der Waals surface area (Å²) in [7, 11) is 0. The fourth-order valence-corrected chi connectivity index (χ4v) is 3.61. The SMILES string of the molecule is Cl.NCCCC(=O)N1CCCC1CC1CCCCC1. The molecule has 2 fully saturated rings. The molecule has 112 valence electrons. The van der Waals surface area contributed by atoms with Gasteiger partial charge in [-0.3, -0.25) is 4.79 Å². The van der Waals surface area contributed by atoms with E-state index in [1.165, 1.54) is 51.4 Å².